The third kappa shape index (κ3) is 3.93. The van der Waals surface area contributed by atoms with Crippen molar-refractivity contribution in [1.82, 2.24) is 20.0 Å². The van der Waals surface area contributed by atoms with Crippen LogP contribution in [0.5, 0.6) is 5.75 Å². The largest absolute Gasteiger partial charge is 0.497 e. The number of amides is 1. The highest BCUT2D eigenvalue weighted by molar-refractivity contribution is 5.85. The number of hydrogen-bond donors (Lipinski definition) is 1. The summed E-state index contributed by atoms with van der Waals surface area (Å²) in [4.78, 5) is 22.3. The number of nitrogens with one attached hydrogen (secondary N) is 1. The van der Waals surface area contributed by atoms with E-state index in [1.807, 2.05) is 17.0 Å². The molecule has 1 N–H and O–H groups in total. The van der Waals surface area contributed by atoms with Crippen LogP contribution in [0.3, 0.4) is 0 Å². The molecule has 4 heterocycles. The first-order valence-corrected chi connectivity index (χ1v) is 10.5. The van der Waals surface area contributed by atoms with Crippen molar-refractivity contribution in [2.45, 2.75) is 31.6 Å². The maximum atomic E-state index is 12.7. The number of fused-ring (bicyclic) bond motifs is 1. The number of likely N-dealkylation sites (tertiary alicyclic amines) is 1. The zero-order valence-electron chi connectivity index (χ0n) is 17.3. The molecule has 1 fully saturated rings. The van der Waals surface area contributed by atoms with E-state index in [4.69, 9.17) is 13.7 Å². The number of carbonyl (C=O) groups excluding carboxylic acids is 1. The summed E-state index contributed by atoms with van der Waals surface area (Å²) in [5.74, 6) is 2.81. The van der Waals surface area contributed by atoms with Gasteiger partial charge in [-0.15, -0.1) is 0 Å². The Morgan fingerprint density at radius 1 is 1.29 bits per heavy atom. The normalized spacial score (nSPS) is 14.9. The van der Waals surface area contributed by atoms with E-state index in [1.165, 1.54) is 10.9 Å². The van der Waals surface area contributed by atoms with E-state index in [0.29, 0.717) is 36.2 Å². The lowest BCUT2D eigenvalue weighted by molar-refractivity contribution is -0.132. The lowest BCUT2D eigenvalue weighted by Gasteiger charge is -2.32. The van der Waals surface area contributed by atoms with E-state index >= 15 is 0 Å². The Bertz CT molecular complexity index is 1170. The molecule has 8 heteroatoms. The van der Waals surface area contributed by atoms with E-state index < -0.39 is 0 Å². The summed E-state index contributed by atoms with van der Waals surface area (Å²) in [6.45, 7) is 1.50. The number of hydrogen-bond acceptors (Lipinski definition) is 6. The molecule has 5 rings (SSSR count). The average molecular weight is 420 g/mol. The molecule has 1 aliphatic rings. The van der Waals surface area contributed by atoms with Crippen LogP contribution in [0.25, 0.3) is 22.5 Å². The molecular weight excluding hydrogens is 396 g/mol. The maximum Gasteiger partial charge on any atom is 0.238 e. The lowest BCUT2D eigenvalue weighted by atomic mass is 9.89. The molecule has 160 valence electrons. The molecule has 1 aromatic carbocycles. The number of rotatable bonds is 6. The monoisotopic (exact) mass is 420 g/mol. The number of furan rings is 1. The van der Waals surface area contributed by atoms with Gasteiger partial charge < -0.3 is 23.6 Å². The van der Waals surface area contributed by atoms with Crippen molar-refractivity contribution in [2.24, 2.45) is 0 Å². The van der Waals surface area contributed by atoms with Gasteiger partial charge in [0, 0.05) is 43.0 Å². The Morgan fingerprint density at radius 3 is 2.94 bits per heavy atom. The summed E-state index contributed by atoms with van der Waals surface area (Å²) in [6.07, 6.45) is 6.32. The molecule has 1 amide bonds. The van der Waals surface area contributed by atoms with Crippen LogP contribution in [0, 0.1) is 0 Å². The molecule has 3 aromatic heterocycles. The van der Waals surface area contributed by atoms with Crippen molar-refractivity contribution in [2.75, 3.05) is 20.2 Å². The number of methoxy groups -OCH3 is 1. The topological polar surface area (TPSA) is 97.4 Å². The first-order chi connectivity index (χ1) is 15.2. The summed E-state index contributed by atoms with van der Waals surface area (Å²) in [5.41, 5.74) is 2.42. The van der Waals surface area contributed by atoms with Crippen LogP contribution in [0.1, 0.15) is 36.6 Å². The molecule has 0 unspecified atom stereocenters. The summed E-state index contributed by atoms with van der Waals surface area (Å²) in [5, 5.41) is 5.11. The molecular formula is C23H24N4O4. The quantitative estimate of drug-likeness (QED) is 0.503. The van der Waals surface area contributed by atoms with Crippen LogP contribution in [-0.4, -0.2) is 46.1 Å². The number of aryl methyl sites for hydroxylation is 1. The minimum Gasteiger partial charge on any atom is -0.497 e. The fraction of sp³-hybridized carbons (Fsp3) is 0.348. The minimum absolute atomic E-state index is 0.122. The lowest BCUT2D eigenvalue weighted by Crippen LogP contribution is -2.38. The fourth-order valence-corrected chi connectivity index (χ4v) is 4.26. The number of aromatic amines is 1. The molecule has 1 aliphatic heterocycles. The smallest absolute Gasteiger partial charge is 0.238 e. The van der Waals surface area contributed by atoms with Gasteiger partial charge in [0.1, 0.15) is 5.75 Å². The molecule has 0 bridgehead atoms. The van der Waals surface area contributed by atoms with Gasteiger partial charge in [-0.1, -0.05) is 5.16 Å². The number of benzene rings is 1. The summed E-state index contributed by atoms with van der Waals surface area (Å²) >= 11 is 0. The van der Waals surface area contributed by atoms with Crippen molar-refractivity contribution in [3.05, 3.63) is 54.2 Å². The molecule has 0 spiro atoms. The van der Waals surface area contributed by atoms with Gasteiger partial charge in [0.2, 0.25) is 17.6 Å². The minimum atomic E-state index is 0.122. The molecule has 0 atom stereocenters. The van der Waals surface area contributed by atoms with Crippen molar-refractivity contribution in [3.63, 3.8) is 0 Å². The fourth-order valence-electron chi connectivity index (χ4n) is 4.26. The predicted octanol–water partition coefficient (Wildman–Crippen LogP) is 4.16. The van der Waals surface area contributed by atoms with Gasteiger partial charge in [-0.05, 0) is 54.7 Å². The van der Waals surface area contributed by atoms with Gasteiger partial charge in [0.05, 0.1) is 13.4 Å². The first kappa shape index (κ1) is 19.4. The van der Waals surface area contributed by atoms with Gasteiger partial charge >= 0.3 is 0 Å². The Hall–Kier alpha value is -3.55. The second kappa shape index (κ2) is 8.29. The first-order valence-electron chi connectivity index (χ1n) is 10.5. The molecule has 8 nitrogen and oxygen atoms in total. The Labute approximate surface area is 179 Å². The molecule has 0 saturated carbocycles. The number of nitrogens with zero attached hydrogens (tertiary/aromatic N) is 3. The molecule has 1 saturated heterocycles. The van der Waals surface area contributed by atoms with E-state index in [2.05, 4.69) is 27.4 Å². The van der Waals surface area contributed by atoms with Crippen LogP contribution >= 0.6 is 0 Å². The average Bonchev–Trinajstić information content (AvgIpc) is 3.57. The molecule has 0 aliphatic carbocycles. The van der Waals surface area contributed by atoms with Gasteiger partial charge in [-0.2, -0.15) is 4.98 Å². The third-order valence-electron chi connectivity index (χ3n) is 5.97. The van der Waals surface area contributed by atoms with Crippen molar-refractivity contribution < 1.29 is 18.5 Å². The second-order valence-electron chi connectivity index (χ2n) is 7.80. The zero-order valence-corrected chi connectivity index (χ0v) is 17.3. The van der Waals surface area contributed by atoms with E-state index in [-0.39, 0.29) is 5.91 Å². The molecule has 31 heavy (non-hydrogen) atoms. The Kier molecular flexibility index (Phi) is 5.19. The number of aromatic nitrogens is 3. The second-order valence-corrected chi connectivity index (χ2v) is 7.80. The highest BCUT2D eigenvalue weighted by atomic mass is 16.5. The van der Waals surface area contributed by atoms with E-state index in [0.717, 1.165) is 37.2 Å². The predicted molar refractivity (Wildman–Crippen MR) is 114 cm³/mol. The number of H-pyrrole nitrogens is 1. The van der Waals surface area contributed by atoms with E-state index in [1.54, 1.807) is 25.5 Å². The van der Waals surface area contributed by atoms with Crippen molar-refractivity contribution in [3.8, 4) is 17.3 Å². The van der Waals surface area contributed by atoms with Gasteiger partial charge in [0.15, 0.2) is 5.76 Å². The van der Waals surface area contributed by atoms with Crippen LogP contribution in [0.4, 0.5) is 0 Å². The van der Waals surface area contributed by atoms with Crippen LogP contribution < -0.4 is 4.74 Å². The highest BCUT2D eigenvalue weighted by Crippen LogP contribution is 2.34. The van der Waals surface area contributed by atoms with Gasteiger partial charge in [-0.3, -0.25) is 4.79 Å². The summed E-state index contributed by atoms with van der Waals surface area (Å²) in [7, 11) is 1.68. The Balaban J connectivity index is 1.17. The number of ether oxygens (including phenoxy) is 1. The highest BCUT2D eigenvalue weighted by Gasteiger charge is 2.26. The summed E-state index contributed by atoms with van der Waals surface area (Å²) < 4.78 is 15.9. The number of carbonyl (C=O) groups is 1. The van der Waals surface area contributed by atoms with Crippen LogP contribution in [0.2, 0.25) is 0 Å². The van der Waals surface area contributed by atoms with E-state index in [9.17, 15) is 4.79 Å². The van der Waals surface area contributed by atoms with Crippen molar-refractivity contribution in [1.29, 1.82) is 0 Å². The standard InChI is InChI=1S/C23H24N4O4/c1-29-16-4-5-19-17(13-16)18(14-24-19)15-8-10-27(11-9-15)22(28)7-6-21-25-23(26-31-21)20-3-2-12-30-20/h2-5,12-15,24H,6-11H2,1H3. The summed E-state index contributed by atoms with van der Waals surface area (Å²) in [6, 6.07) is 9.63. The molecule has 4 aromatic rings. The zero-order chi connectivity index (χ0) is 21.2. The van der Waals surface area contributed by atoms with Crippen molar-refractivity contribution >= 4 is 16.8 Å². The van der Waals surface area contributed by atoms with Crippen LogP contribution in [0.15, 0.2) is 51.7 Å². The Morgan fingerprint density at radius 2 is 2.16 bits per heavy atom. The third-order valence-corrected chi connectivity index (χ3v) is 5.97. The SMILES string of the molecule is COc1ccc2[nH]cc(C3CCN(C(=O)CCc4nc(-c5ccco5)no4)CC3)c2c1. The molecule has 0 radical (unpaired) electrons. The van der Waals surface area contributed by atoms with Crippen LogP contribution in [-0.2, 0) is 11.2 Å². The van der Waals surface area contributed by atoms with Gasteiger partial charge in [0.25, 0.3) is 0 Å². The van der Waals surface area contributed by atoms with Gasteiger partial charge in [-0.25, -0.2) is 0 Å². The maximum absolute atomic E-state index is 12.7. The number of piperidine rings is 1.